The van der Waals surface area contributed by atoms with Crippen LogP contribution in [0.15, 0.2) is 22.7 Å². The second kappa shape index (κ2) is 3.59. The molecule has 2 aliphatic rings. The van der Waals surface area contributed by atoms with Crippen molar-refractivity contribution in [3.63, 3.8) is 0 Å². The van der Waals surface area contributed by atoms with Crippen molar-refractivity contribution >= 4 is 27.4 Å². The summed E-state index contributed by atoms with van der Waals surface area (Å²) in [5, 5.41) is 0. The number of hydrogen-bond acceptors (Lipinski definition) is 2. The van der Waals surface area contributed by atoms with E-state index < -0.39 is 0 Å². The van der Waals surface area contributed by atoms with Crippen molar-refractivity contribution in [2.24, 2.45) is 17.8 Å². The zero-order chi connectivity index (χ0) is 11.3. The first kappa shape index (κ1) is 10.3. The van der Waals surface area contributed by atoms with Crippen molar-refractivity contribution in [3.8, 4) is 0 Å². The zero-order valence-corrected chi connectivity index (χ0v) is 10.5. The molecule has 0 saturated heterocycles. The predicted molar refractivity (Wildman–Crippen MR) is 67.2 cm³/mol. The van der Waals surface area contributed by atoms with Crippen LogP contribution in [0.3, 0.4) is 0 Å². The lowest BCUT2D eigenvalue weighted by Crippen LogP contribution is -2.13. The normalized spacial score (nSPS) is 31.2. The highest BCUT2D eigenvalue weighted by atomic mass is 79.9. The molecular weight excluding hydrogens is 266 g/mol. The van der Waals surface area contributed by atoms with Gasteiger partial charge in [0.1, 0.15) is 0 Å². The molecule has 84 valence electrons. The molecule has 0 aliphatic heterocycles. The molecular formula is C13H14BrNO. The standard InChI is InChI=1S/C13H14BrNO/c14-12-6-10(15)1-2-11(12)13(16)9-4-7-3-8(7)5-9/h1-2,6-9H,3-5,15H2. The monoisotopic (exact) mass is 279 g/mol. The van der Waals surface area contributed by atoms with E-state index in [1.54, 1.807) is 6.07 Å². The number of carbonyl (C=O) groups is 1. The maximum Gasteiger partial charge on any atom is 0.167 e. The smallest absolute Gasteiger partial charge is 0.167 e. The predicted octanol–water partition coefficient (Wildman–Crippen LogP) is 3.26. The van der Waals surface area contributed by atoms with Crippen LogP contribution in [0, 0.1) is 17.8 Å². The molecule has 2 unspecified atom stereocenters. The molecule has 2 nitrogen and oxygen atoms in total. The van der Waals surface area contributed by atoms with Gasteiger partial charge in [-0.2, -0.15) is 0 Å². The van der Waals surface area contributed by atoms with Gasteiger partial charge in [-0.15, -0.1) is 0 Å². The van der Waals surface area contributed by atoms with Gasteiger partial charge in [0.05, 0.1) is 0 Å². The zero-order valence-electron chi connectivity index (χ0n) is 8.95. The lowest BCUT2D eigenvalue weighted by Gasteiger charge is -2.12. The van der Waals surface area contributed by atoms with Crippen LogP contribution in [-0.2, 0) is 0 Å². The van der Waals surface area contributed by atoms with E-state index in [-0.39, 0.29) is 5.92 Å². The molecule has 0 radical (unpaired) electrons. The van der Waals surface area contributed by atoms with Gasteiger partial charge in [0.2, 0.25) is 0 Å². The summed E-state index contributed by atoms with van der Waals surface area (Å²) in [4.78, 5) is 12.3. The molecule has 1 aromatic rings. The Morgan fingerprint density at radius 2 is 1.94 bits per heavy atom. The van der Waals surface area contributed by atoms with Crippen LogP contribution in [0.4, 0.5) is 5.69 Å². The van der Waals surface area contributed by atoms with Crippen LogP contribution in [0.1, 0.15) is 29.6 Å². The number of nitrogens with two attached hydrogens (primary N) is 1. The van der Waals surface area contributed by atoms with Crippen molar-refractivity contribution in [1.82, 2.24) is 0 Å². The van der Waals surface area contributed by atoms with Gasteiger partial charge in [-0.05, 0) is 65.2 Å². The molecule has 2 fully saturated rings. The van der Waals surface area contributed by atoms with E-state index in [9.17, 15) is 4.79 Å². The fourth-order valence-electron chi connectivity index (χ4n) is 2.88. The summed E-state index contributed by atoms with van der Waals surface area (Å²) in [6.45, 7) is 0. The highest BCUT2D eigenvalue weighted by Gasteiger charge is 2.48. The molecule has 2 saturated carbocycles. The Kier molecular flexibility index (Phi) is 2.32. The largest absolute Gasteiger partial charge is 0.399 e. The fraction of sp³-hybridized carbons (Fsp3) is 0.462. The Morgan fingerprint density at radius 1 is 1.25 bits per heavy atom. The van der Waals surface area contributed by atoms with Crippen LogP contribution < -0.4 is 5.73 Å². The van der Waals surface area contributed by atoms with Gasteiger partial charge in [-0.25, -0.2) is 0 Å². The molecule has 0 amide bonds. The highest BCUT2D eigenvalue weighted by Crippen LogP contribution is 2.55. The number of benzene rings is 1. The minimum atomic E-state index is 0.253. The van der Waals surface area contributed by atoms with Crippen molar-refractivity contribution < 1.29 is 4.79 Å². The minimum absolute atomic E-state index is 0.253. The number of hydrogen-bond donors (Lipinski definition) is 1. The topological polar surface area (TPSA) is 43.1 Å². The molecule has 2 aliphatic carbocycles. The van der Waals surface area contributed by atoms with Crippen molar-refractivity contribution in [3.05, 3.63) is 28.2 Å². The summed E-state index contributed by atoms with van der Waals surface area (Å²) in [6, 6.07) is 5.45. The first-order valence-corrected chi connectivity index (χ1v) is 6.53. The molecule has 0 spiro atoms. The Labute approximate surface area is 103 Å². The minimum Gasteiger partial charge on any atom is -0.399 e. The van der Waals surface area contributed by atoms with E-state index in [1.807, 2.05) is 12.1 Å². The molecule has 0 heterocycles. The number of carbonyl (C=O) groups excluding carboxylic acids is 1. The van der Waals surface area contributed by atoms with E-state index in [2.05, 4.69) is 15.9 Å². The van der Waals surface area contributed by atoms with E-state index in [0.29, 0.717) is 11.5 Å². The van der Waals surface area contributed by atoms with Crippen molar-refractivity contribution in [1.29, 1.82) is 0 Å². The third-order valence-corrected chi connectivity index (χ3v) is 4.53. The van der Waals surface area contributed by atoms with Gasteiger partial charge in [0.15, 0.2) is 5.78 Å². The molecule has 1 aromatic carbocycles. The summed E-state index contributed by atoms with van der Waals surface area (Å²) >= 11 is 3.42. The third-order valence-electron chi connectivity index (χ3n) is 3.87. The summed E-state index contributed by atoms with van der Waals surface area (Å²) in [6.07, 6.45) is 3.55. The SMILES string of the molecule is Nc1ccc(C(=O)C2CC3CC3C2)c(Br)c1. The van der Waals surface area contributed by atoms with Crippen LogP contribution in [0.2, 0.25) is 0 Å². The molecule has 0 aromatic heterocycles. The van der Waals surface area contributed by atoms with E-state index in [0.717, 1.165) is 34.7 Å². The number of ketones is 1. The first-order chi connectivity index (χ1) is 7.65. The summed E-state index contributed by atoms with van der Waals surface area (Å²) < 4.78 is 0.832. The fourth-order valence-corrected chi connectivity index (χ4v) is 3.47. The van der Waals surface area contributed by atoms with Crippen molar-refractivity contribution in [2.75, 3.05) is 5.73 Å². The molecule has 2 N–H and O–H groups in total. The summed E-state index contributed by atoms with van der Waals surface area (Å²) in [7, 11) is 0. The van der Waals surface area contributed by atoms with Gasteiger partial charge < -0.3 is 5.73 Å². The molecule has 3 rings (SSSR count). The number of nitrogen functional groups attached to an aromatic ring is 1. The highest BCUT2D eigenvalue weighted by molar-refractivity contribution is 9.10. The van der Waals surface area contributed by atoms with Crippen molar-refractivity contribution in [2.45, 2.75) is 19.3 Å². The van der Waals surface area contributed by atoms with Gasteiger partial charge in [-0.3, -0.25) is 4.79 Å². The summed E-state index contributed by atoms with van der Waals surface area (Å²) in [5.74, 6) is 2.24. The Balaban J connectivity index is 1.83. The molecule has 2 atom stereocenters. The average Bonchev–Trinajstić information content (AvgIpc) is 2.85. The molecule has 0 bridgehead atoms. The first-order valence-electron chi connectivity index (χ1n) is 5.74. The number of Topliss-reactive ketones (excluding diaryl/α,β-unsaturated/α-hetero) is 1. The maximum atomic E-state index is 12.3. The number of rotatable bonds is 2. The molecule has 3 heteroatoms. The van der Waals surface area contributed by atoms with Crippen LogP contribution >= 0.6 is 15.9 Å². The van der Waals surface area contributed by atoms with Gasteiger partial charge in [0.25, 0.3) is 0 Å². The second-order valence-corrected chi connectivity index (χ2v) is 5.88. The van der Waals surface area contributed by atoms with E-state index >= 15 is 0 Å². The lowest BCUT2D eigenvalue weighted by molar-refractivity contribution is 0.0913. The van der Waals surface area contributed by atoms with Crippen LogP contribution in [0.25, 0.3) is 0 Å². The number of fused-ring (bicyclic) bond motifs is 1. The third kappa shape index (κ3) is 1.67. The summed E-state index contributed by atoms with van der Waals surface area (Å²) in [5.41, 5.74) is 7.15. The van der Waals surface area contributed by atoms with Gasteiger partial charge >= 0.3 is 0 Å². The van der Waals surface area contributed by atoms with Gasteiger partial charge in [0, 0.05) is 21.6 Å². The molecule has 16 heavy (non-hydrogen) atoms. The second-order valence-electron chi connectivity index (χ2n) is 5.03. The maximum absolute atomic E-state index is 12.3. The quantitative estimate of drug-likeness (QED) is 0.667. The Hall–Kier alpha value is -0.830. The Bertz CT molecular complexity index is 447. The van der Waals surface area contributed by atoms with Crippen LogP contribution in [0.5, 0.6) is 0 Å². The Morgan fingerprint density at radius 3 is 2.56 bits per heavy atom. The van der Waals surface area contributed by atoms with Gasteiger partial charge in [-0.1, -0.05) is 0 Å². The number of anilines is 1. The van der Waals surface area contributed by atoms with E-state index in [4.69, 9.17) is 5.73 Å². The number of halogens is 1. The van der Waals surface area contributed by atoms with E-state index in [1.165, 1.54) is 6.42 Å². The average molecular weight is 280 g/mol. The lowest BCUT2D eigenvalue weighted by atomic mass is 9.93. The van der Waals surface area contributed by atoms with Crippen LogP contribution in [-0.4, -0.2) is 5.78 Å².